The molecule has 1 fully saturated rings. The molecule has 0 saturated carbocycles. The highest BCUT2D eigenvalue weighted by Gasteiger charge is 2.49. The zero-order valence-corrected chi connectivity index (χ0v) is 24.2. The van der Waals surface area contributed by atoms with Crippen LogP contribution in [0, 0.1) is 13.8 Å². The number of methoxy groups -OCH3 is 1. The predicted molar refractivity (Wildman–Crippen MR) is 154 cm³/mol. The molecular formula is C30H31N7O7. The Kier molecular flexibility index (Phi) is 7.90. The summed E-state index contributed by atoms with van der Waals surface area (Å²) in [6, 6.07) is 15.2. The molecule has 14 nitrogen and oxygen atoms in total. The quantitative estimate of drug-likeness (QED) is 0.267. The number of aliphatic hydroxyl groups excluding tert-OH is 3. The van der Waals surface area contributed by atoms with Gasteiger partial charge in [-0.15, -0.1) is 15.0 Å². The van der Waals surface area contributed by atoms with Crippen LogP contribution in [0.4, 0.5) is 5.82 Å². The summed E-state index contributed by atoms with van der Waals surface area (Å²) >= 11 is 0. The average molecular weight is 602 g/mol. The van der Waals surface area contributed by atoms with Crippen molar-refractivity contribution in [3.8, 4) is 22.5 Å². The van der Waals surface area contributed by atoms with Gasteiger partial charge in [-0.2, -0.15) is 0 Å². The number of benzene rings is 2. The molecule has 6 rings (SSSR count). The highest BCUT2D eigenvalue weighted by molar-refractivity contribution is 5.95. The van der Waals surface area contributed by atoms with Gasteiger partial charge in [-0.1, -0.05) is 48.5 Å². The molecule has 44 heavy (non-hydrogen) atoms. The smallest absolute Gasteiger partial charge is 0.337 e. The first-order valence-corrected chi connectivity index (χ1v) is 14.1. The number of carbonyl (C=O) groups excluding carboxylic acids is 2. The summed E-state index contributed by atoms with van der Waals surface area (Å²) in [5, 5.41) is 43.5. The number of nitrogens with zero attached hydrogens (tertiary/aromatic N) is 7. The average Bonchev–Trinajstić information content (AvgIpc) is 3.51. The van der Waals surface area contributed by atoms with Gasteiger partial charge >= 0.3 is 5.97 Å². The van der Waals surface area contributed by atoms with E-state index in [1.807, 2.05) is 62.4 Å². The molecule has 14 heteroatoms. The summed E-state index contributed by atoms with van der Waals surface area (Å²) < 4.78 is 10.2. The Morgan fingerprint density at radius 2 is 1.70 bits per heavy atom. The van der Waals surface area contributed by atoms with E-state index in [9.17, 15) is 24.9 Å². The molecule has 0 aliphatic carbocycles. The van der Waals surface area contributed by atoms with Crippen LogP contribution >= 0.6 is 0 Å². The topological polar surface area (TPSA) is 186 Å². The normalized spacial score (nSPS) is 23.4. The Morgan fingerprint density at radius 3 is 2.43 bits per heavy atom. The number of esters is 1. The van der Waals surface area contributed by atoms with Gasteiger partial charge in [0.05, 0.1) is 13.7 Å². The summed E-state index contributed by atoms with van der Waals surface area (Å²) in [5.74, 6) is 0.596. The van der Waals surface area contributed by atoms with Gasteiger partial charge in [0.2, 0.25) is 18.0 Å². The molecule has 4 heterocycles. The summed E-state index contributed by atoms with van der Waals surface area (Å²) in [4.78, 5) is 36.7. The first-order chi connectivity index (χ1) is 21.2. The third kappa shape index (κ3) is 5.32. The number of amides is 1. The van der Waals surface area contributed by atoms with Crippen LogP contribution in [0.15, 0.2) is 48.5 Å². The number of ether oxygens (including phenoxy) is 2. The number of anilines is 1. The molecular weight excluding hydrogens is 570 g/mol. The number of aromatic nitrogens is 6. The van der Waals surface area contributed by atoms with Gasteiger partial charge in [-0.05, 0) is 42.2 Å². The van der Waals surface area contributed by atoms with E-state index in [2.05, 4.69) is 30.1 Å². The maximum absolute atomic E-state index is 12.9. The van der Waals surface area contributed by atoms with E-state index in [0.717, 1.165) is 39.9 Å². The van der Waals surface area contributed by atoms with E-state index >= 15 is 0 Å². The molecule has 0 bridgehead atoms. The molecule has 2 aliphatic rings. The molecule has 4 aromatic rings. The third-order valence-corrected chi connectivity index (χ3v) is 7.90. The maximum Gasteiger partial charge on any atom is 0.337 e. The zero-order valence-electron chi connectivity index (χ0n) is 24.2. The van der Waals surface area contributed by atoms with Crippen molar-refractivity contribution in [1.29, 1.82) is 0 Å². The van der Waals surface area contributed by atoms with Gasteiger partial charge in [-0.25, -0.2) is 14.8 Å². The van der Waals surface area contributed by atoms with Crippen LogP contribution in [-0.4, -0.2) is 88.9 Å². The third-order valence-electron chi connectivity index (χ3n) is 7.90. The van der Waals surface area contributed by atoms with Crippen molar-refractivity contribution in [3.63, 3.8) is 0 Å². The fourth-order valence-electron chi connectivity index (χ4n) is 5.59. The standard InChI is InChI=1S/C30H31N7O7/c1-15-19-12-13-22(38)36(28(19)32-16(2)31-15)14-17-8-10-18(11-9-17)20-6-4-5-7-21(20)27-33-35-37(34-27)29-25(41)23(39)24(40)26(44-29)30(42)43-3/h4-11,23-26,29,39-41H,12-14H2,1-3H3/t23-,24-,25+,26-,29+/m0/s1. The lowest BCUT2D eigenvalue weighted by molar-refractivity contribution is -0.252. The van der Waals surface area contributed by atoms with Crippen molar-refractivity contribution < 1.29 is 34.4 Å². The van der Waals surface area contributed by atoms with Crippen molar-refractivity contribution in [2.75, 3.05) is 12.0 Å². The first kappa shape index (κ1) is 29.4. The fraction of sp³-hybridized carbons (Fsp3) is 0.367. The molecule has 228 valence electrons. The lowest BCUT2D eigenvalue weighted by Gasteiger charge is -2.38. The molecule has 2 aromatic heterocycles. The van der Waals surface area contributed by atoms with Crippen LogP contribution in [0.25, 0.3) is 22.5 Å². The van der Waals surface area contributed by atoms with Crippen LogP contribution < -0.4 is 4.90 Å². The van der Waals surface area contributed by atoms with Crippen LogP contribution in [-0.2, 0) is 32.0 Å². The van der Waals surface area contributed by atoms with Crippen molar-refractivity contribution in [3.05, 3.63) is 71.2 Å². The van der Waals surface area contributed by atoms with Crippen LogP contribution in [0.2, 0.25) is 0 Å². The summed E-state index contributed by atoms with van der Waals surface area (Å²) in [6.07, 6.45) is -6.99. The molecule has 1 amide bonds. The van der Waals surface area contributed by atoms with E-state index < -0.39 is 36.6 Å². The van der Waals surface area contributed by atoms with E-state index in [1.165, 1.54) is 0 Å². The Morgan fingerprint density at radius 1 is 0.977 bits per heavy atom. The first-order valence-electron chi connectivity index (χ1n) is 14.1. The highest BCUT2D eigenvalue weighted by Crippen LogP contribution is 2.33. The monoisotopic (exact) mass is 601 g/mol. The molecule has 0 spiro atoms. The Bertz CT molecular complexity index is 1710. The van der Waals surface area contributed by atoms with Crippen LogP contribution in [0.1, 0.15) is 35.3 Å². The lowest BCUT2D eigenvalue weighted by Crippen LogP contribution is -2.58. The van der Waals surface area contributed by atoms with Gasteiger partial charge in [0.25, 0.3) is 0 Å². The van der Waals surface area contributed by atoms with Gasteiger partial charge in [0.15, 0.2) is 6.10 Å². The van der Waals surface area contributed by atoms with Gasteiger partial charge in [0, 0.05) is 23.2 Å². The van der Waals surface area contributed by atoms with Gasteiger partial charge in [-0.3, -0.25) is 9.69 Å². The van der Waals surface area contributed by atoms with E-state index in [-0.39, 0.29) is 11.7 Å². The van der Waals surface area contributed by atoms with Crippen molar-refractivity contribution in [1.82, 2.24) is 30.2 Å². The van der Waals surface area contributed by atoms with Crippen LogP contribution in [0.5, 0.6) is 0 Å². The Hall–Kier alpha value is -4.63. The van der Waals surface area contributed by atoms with Crippen LogP contribution in [0.3, 0.4) is 0 Å². The van der Waals surface area contributed by atoms with Crippen molar-refractivity contribution >= 4 is 17.7 Å². The van der Waals surface area contributed by atoms with Gasteiger partial charge < -0.3 is 24.8 Å². The molecule has 2 aromatic carbocycles. The highest BCUT2D eigenvalue weighted by atomic mass is 16.6. The summed E-state index contributed by atoms with van der Waals surface area (Å²) in [6.45, 7) is 4.13. The molecule has 0 radical (unpaired) electrons. The number of carbonyl (C=O) groups is 2. The second-order valence-electron chi connectivity index (χ2n) is 10.8. The van der Waals surface area contributed by atoms with Gasteiger partial charge in [0.1, 0.15) is 30.0 Å². The summed E-state index contributed by atoms with van der Waals surface area (Å²) in [5.41, 5.74) is 5.10. The number of rotatable bonds is 6. The molecule has 1 saturated heterocycles. The molecule has 5 atom stereocenters. The fourth-order valence-corrected chi connectivity index (χ4v) is 5.59. The minimum Gasteiger partial charge on any atom is -0.467 e. The Balaban J connectivity index is 1.25. The number of aliphatic hydroxyl groups is 3. The Labute approximate surface area is 251 Å². The van der Waals surface area contributed by atoms with E-state index in [4.69, 9.17) is 4.74 Å². The SMILES string of the molecule is COC(=O)[C@H]1O[C@@H](n2nnc(-c3ccccc3-c3ccc(CN4C(=O)CCc5c(C)nc(C)nc54)cc3)n2)[C@H](O)[C@@H](O)[C@@H]1O. The molecule has 0 unspecified atom stereocenters. The van der Waals surface area contributed by atoms with E-state index in [1.54, 1.807) is 4.90 Å². The second kappa shape index (κ2) is 11.8. The number of tetrazole rings is 1. The molecule has 2 aliphatic heterocycles. The predicted octanol–water partition coefficient (Wildman–Crippen LogP) is 1.05. The van der Waals surface area contributed by atoms with Crippen molar-refractivity contribution in [2.24, 2.45) is 0 Å². The minimum absolute atomic E-state index is 0.0191. The summed E-state index contributed by atoms with van der Waals surface area (Å²) in [7, 11) is 1.11. The number of hydrogen-bond donors (Lipinski definition) is 3. The van der Waals surface area contributed by atoms with Crippen molar-refractivity contribution in [2.45, 2.75) is 63.9 Å². The zero-order chi connectivity index (χ0) is 31.1. The number of aryl methyl sites for hydroxylation is 2. The largest absolute Gasteiger partial charge is 0.467 e. The van der Waals surface area contributed by atoms with E-state index in [0.29, 0.717) is 36.6 Å². The minimum atomic E-state index is -1.72. The second-order valence-corrected chi connectivity index (χ2v) is 10.8. The number of hydrogen-bond acceptors (Lipinski definition) is 12. The maximum atomic E-state index is 12.9. The lowest BCUT2D eigenvalue weighted by atomic mass is 9.97. The molecule has 3 N–H and O–H groups in total. The number of fused-ring (bicyclic) bond motifs is 1.